The van der Waals surface area contributed by atoms with Crippen molar-refractivity contribution in [2.75, 3.05) is 6.54 Å². The Kier molecular flexibility index (Phi) is 4.19. The van der Waals surface area contributed by atoms with Gasteiger partial charge in [-0.2, -0.15) is 5.10 Å². The zero-order valence-corrected chi connectivity index (χ0v) is 15.8. The van der Waals surface area contributed by atoms with Crippen LogP contribution in [0.25, 0.3) is 11.0 Å². The number of amides is 1. The van der Waals surface area contributed by atoms with Crippen molar-refractivity contribution < 1.29 is 9.53 Å². The Balaban J connectivity index is 1.84. The van der Waals surface area contributed by atoms with Crippen molar-refractivity contribution in [1.82, 2.24) is 24.6 Å². The van der Waals surface area contributed by atoms with Gasteiger partial charge < -0.3 is 9.64 Å². The van der Waals surface area contributed by atoms with Gasteiger partial charge in [-0.15, -0.1) is 0 Å². The molecule has 3 rings (SSSR count). The summed E-state index contributed by atoms with van der Waals surface area (Å²) >= 11 is 2.19. The molecule has 1 fully saturated rings. The van der Waals surface area contributed by atoms with Gasteiger partial charge in [-0.3, -0.25) is 0 Å². The van der Waals surface area contributed by atoms with Gasteiger partial charge in [-0.1, -0.05) is 0 Å². The molecule has 0 radical (unpaired) electrons. The average molecular weight is 429 g/mol. The number of rotatable bonds is 1. The van der Waals surface area contributed by atoms with Crippen LogP contribution in [-0.4, -0.2) is 48.9 Å². The third kappa shape index (κ3) is 3.26. The fourth-order valence-corrected chi connectivity index (χ4v) is 3.47. The number of fused-ring (bicyclic) bond motifs is 1. The summed E-state index contributed by atoms with van der Waals surface area (Å²) < 4.78 is 8.29. The SMILES string of the molecule is C[C@H]1C[C@@H](n2nc(I)c3cncnc32)CN1C(=O)OC(C)(C)C. The molecule has 124 valence electrons. The zero-order chi connectivity index (χ0) is 16.8. The molecule has 0 saturated carbocycles. The number of hydrogen-bond acceptors (Lipinski definition) is 5. The van der Waals surface area contributed by atoms with Crippen LogP contribution >= 0.6 is 22.6 Å². The average Bonchev–Trinajstić information content (AvgIpc) is 2.99. The molecule has 0 bridgehead atoms. The molecule has 0 spiro atoms. The van der Waals surface area contributed by atoms with Gasteiger partial charge >= 0.3 is 6.09 Å². The Hall–Kier alpha value is -1.45. The molecule has 0 aliphatic carbocycles. The van der Waals surface area contributed by atoms with Crippen LogP contribution in [-0.2, 0) is 4.74 Å². The number of likely N-dealkylation sites (tertiary alicyclic amines) is 1. The van der Waals surface area contributed by atoms with E-state index in [0.717, 1.165) is 21.2 Å². The number of hydrogen-bond donors (Lipinski definition) is 0. The van der Waals surface area contributed by atoms with Gasteiger partial charge in [0, 0.05) is 18.8 Å². The molecule has 0 unspecified atom stereocenters. The van der Waals surface area contributed by atoms with E-state index >= 15 is 0 Å². The maximum Gasteiger partial charge on any atom is 0.410 e. The molecule has 0 N–H and O–H groups in total. The Morgan fingerprint density at radius 2 is 2.17 bits per heavy atom. The van der Waals surface area contributed by atoms with E-state index in [0.29, 0.717) is 6.54 Å². The Morgan fingerprint density at radius 1 is 1.43 bits per heavy atom. The summed E-state index contributed by atoms with van der Waals surface area (Å²) in [7, 11) is 0. The van der Waals surface area contributed by atoms with Crippen LogP contribution in [0.2, 0.25) is 0 Å². The van der Waals surface area contributed by atoms with E-state index in [1.165, 1.54) is 6.33 Å². The molecule has 7 nitrogen and oxygen atoms in total. The Morgan fingerprint density at radius 3 is 2.87 bits per heavy atom. The number of aromatic nitrogens is 4. The first-order valence-electron chi connectivity index (χ1n) is 7.59. The van der Waals surface area contributed by atoms with Crippen LogP contribution < -0.4 is 0 Å². The lowest BCUT2D eigenvalue weighted by molar-refractivity contribution is 0.0234. The molecular formula is C15H20IN5O2. The Labute approximate surface area is 148 Å². The summed E-state index contributed by atoms with van der Waals surface area (Å²) in [4.78, 5) is 22.5. The lowest BCUT2D eigenvalue weighted by Crippen LogP contribution is -2.38. The maximum absolute atomic E-state index is 12.4. The minimum absolute atomic E-state index is 0.0958. The number of halogens is 1. The molecule has 1 aliphatic heterocycles. The second kappa shape index (κ2) is 5.88. The highest BCUT2D eigenvalue weighted by molar-refractivity contribution is 14.1. The fraction of sp³-hybridized carbons (Fsp3) is 0.600. The third-order valence-electron chi connectivity index (χ3n) is 3.85. The number of carbonyl (C=O) groups excluding carboxylic acids is 1. The van der Waals surface area contributed by atoms with Crippen molar-refractivity contribution in [1.29, 1.82) is 0 Å². The maximum atomic E-state index is 12.4. The molecule has 8 heteroatoms. The fourth-order valence-electron chi connectivity index (χ4n) is 2.86. The highest BCUT2D eigenvalue weighted by Gasteiger charge is 2.37. The number of ether oxygens (including phenoxy) is 1. The predicted octanol–water partition coefficient (Wildman–Crippen LogP) is 3.00. The Bertz CT molecular complexity index is 739. The van der Waals surface area contributed by atoms with E-state index < -0.39 is 5.60 Å². The smallest absolute Gasteiger partial charge is 0.410 e. The summed E-state index contributed by atoms with van der Waals surface area (Å²) in [6.07, 6.45) is 3.86. The van der Waals surface area contributed by atoms with Crippen molar-refractivity contribution in [3.8, 4) is 0 Å². The van der Waals surface area contributed by atoms with Crippen molar-refractivity contribution in [3.05, 3.63) is 16.2 Å². The topological polar surface area (TPSA) is 73.1 Å². The first kappa shape index (κ1) is 16.4. The highest BCUT2D eigenvalue weighted by atomic mass is 127. The normalized spacial score (nSPS) is 21.9. The van der Waals surface area contributed by atoms with E-state index in [9.17, 15) is 4.79 Å². The highest BCUT2D eigenvalue weighted by Crippen LogP contribution is 2.31. The van der Waals surface area contributed by atoms with Gasteiger partial charge in [0.15, 0.2) is 5.65 Å². The molecule has 2 aromatic heterocycles. The summed E-state index contributed by atoms with van der Waals surface area (Å²) in [5.74, 6) is 0. The molecule has 1 aliphatic rings. The van der Waals surface area contributed by atoms with Crippen molar-refractivity contribution >= 4 is 39.7 Å². The summed E-state index contributed by atoms with van der Waals surface area (Å²) in [6, 6.07) is 0.201. The monoisotopic (exact) mass is 429 g/mol. The minimum atomic E-state index is -0.490. The van der Waals surface area contributed by atoms with Crippen LogP contribution in [0, 0.1) is 3.70 Å². The second-order valence-electron chi connectivity index (χ2n) is 6.87. The van der Waals surface area contributed by atoms with Gasteiger partial charge in [-0.05, 0) is 56.7 Å². The molecule has 1 saturated heterocycles. The van der Waals surface area contributed by atoms with E-state index in [4.69, 9.17) is 4.74 Å². The second-order valence-corrected chi connectivity index (χ2v) is 7.89. The van der Waals surface area contributed by atoms with E-state index in [1.807, 2.05) is 32.4 Å². The van der Waals surface area contributed by atoms with Gasteiger partial charge in [-0.25, -0.2) is 19.4 Å². The number of carbonyl (C=O) groups is 1. The summed E-state index contributed by atoms with van der Waals surface area (Å²) in [5.41, 5.74) is 0.322. The van der Waals surface area contributed by atoms with Crippen molar-refractivity contribution in [3.63, 3.8) is 0 Å². The molecule has 2 atom stereocenters. The molecule has 0 aromatic carbocycles. The molecule has 23 heavy (non-hydrogen) atoms. The van der Waals surface area contributed by atoms with Crippen LogP contribution in [0.15, 0.2) is 12.5 Å². The largest absolute Gasteiger partial charge is 0.444 e. The van der Waals surface area contributed by atoms with Crippen molar-refractivity contribution in [2.24, 2.45) is 0 Å². The van der Waals surface area contributed by atoms with Crippen LogP contribution in [0.3, 0.4) is 0 Å². The van der Waals surface area contributed by atoms with E-state index in [2.05, 4.69) is 37.7 Å². The molecule has 3 heterocycles. The van der Waals surface area contributed by atoms with Crippen LogP contribution in [0.4, 0.5) is 4.79 Å². The van der Waals surface area contributed by atoms with Crippen LogP contribution in [0.1, 0.15) is 40.2 Å². The quantitative estimate of drug-likeness (QED) is 0.652. The van der Waals surface area contributed by atoms with Gasteiger partial charge in [0.05, 0.1) is 11.4 Å². The lowest BCUT2D eigenvalue weighted by Gasteiger charge is -2.26. The van der Waals surface area contributed by atoms with E-state index in [-0.39, 0.29) is 18.2 Å². The summed E-state index contributed by atoms with van der Waals surface area (Å²) in [6.45, 7) is 8.25. The lowest BCUT2D eigenvalue weighted by atomic mass is 10.2. The first-order valence-corrected chi connectivity index (χ1v) is 8.67. The van der Waals surface area contributed by atoms with Crippen LogP contribution in [0.5, 0.6) is 0 Å². The molecular weight excluding hydrogens is 409 g/mol. The van der Waals surface area contributed by atoms with Gasteiger partial charge in [0.1, 0.15) is 15.6 Å². The van der Waals surface area contributed by atoms with Gasteiger partial charge in [0.2, 0.25) is 0 Å². The first-order chi connectivity index (χ1) is 10.8. The zero-order valence-electron chi connectivity index (χ0n) is 13.7. The number of nitrogens with zero attached hydrogens (tertiary/aromatic N) is 5. The molecule has 1 amide bonds. The van der Waals surface area contributed by atoms with Gasteiger partial charge in [0.25, 0.3) is 0 Å². The summed E-state index contributed by atoms with van der Waals surface area (Å²) in [5, 5.41) is 5.54. The molecule has 2 aromatic rings. The van der Waals surface area contributed by atoms with E-state index in [1.54, 1.807) is 11.1 Å². The predicted molar refractivity (Wildman–Crippen MR) is 94.1 cm³/mol. The minimum Gasteiger partial charge on any atom is -0.444 e. The standard InChI is InChI=1S/C15H20IN5O2/c1-9-5-10(7-20(9)14(22)23-15(2,3)4)21-13-11(12(16)19-21)6-17-8-18-13/h6,8-10H,5,7H2,1-4H3/t9-,10+/m0/s1. The van der Waals surface area contributed by atoms with Crippen molar-refractivity contribution in [2.45, 2.75) is 51.8 Å². The third-order valence-corrected chi connectivity index (χ3v) is 4.65.